The fraction of sp³-hybridized carbons (Fsp3) is 0.375. The van der Waals surface area contributed by atoms with E-state index in [0.717, 1.165) is 39.7 Å². The van der Waals surface area contributed by atoms with Crippen molar-refractivity contribution in [2.75, 3.05) is 5.73 Å². The second-order valence-corrected chi connectivity index (χ2v) is 8.92. The Morgan fingerprint density at radius 3 is 2.68 bits per heavy atom. The van der Waals surface area contributed by atoms with Gasteiger partial charge in [-0.05, 0) is 75.3 Å². The lowest BCUT2D eigenvalue weighted by molar-refractivity contribution is 0.240. The third kappa shape index (κ3) is 4.07. The minimum absolute atomic E-state index is 0.114. The lowest BCUT2D eigenvalue weighted by Gasteiger charge is -2.16. The van der Waals surface area contributed by atoms with Crippen molar-refractivity contribution < 1.29 is 4.74 Å². The molecule has 2 N–H and O–H groups in total. The SMILES string of the molecule is Cc1cc(Cc2nc(-c3ccc4c(c3)CCCC4)cs2)c(OC(C)C)cc1N. The van der Waals surface area contributed by atoms with Crippen LogP contribution in [0.2, 0.25) is 0 Å². The molecule has 0 fully saturated rings. The van der Waals surface area contributed by atoms with Gasteiger partial charge < -0.3 is 10.5 Å². The molecule has 0 amide bonds. The van der Waals surface area contributed by atoms with Gasteiger partial charge in [-0.1, -0.05) is 12.1 Å². The van der Waals surface area contributed by atoms with Crippen molar-refractivity contribution in [2.24, 2.45) is 0 Å². The van der Waals surface area contributed by atoms with Crippen LogP contribution in [0.5, 0.6) is 5.75 Å². The molecule has 4 heteroatoms. The van der Waals surface area contributed by atoms with Crippen molar-refractivity contribution in [3.63, 3.8) is 0 Å². The summed E-state index contributed by atoms with van der Waals surface area (Å²) in [6.45, 7) is 6.12. The third-order valence-electron chi connectivity index (χ3n) is 5.35. The summed E-state index contributed by atoms with van der Waals surface area (Å²) in [6.07, 6.45) is 5.90. The number of hydrogen-bond donors (Lipinski definition) is 1. The van der Waals surface area contributed by atoms with Gasteiger partial charge in [0.2, 0.25) is 0 Å². The first-order chi connectivity index (χ1) is 13.5. The number of benzene rings is 2. The van der Waals surface area contributed by atoms with Crippen molar-refractivity contribution >= 4 is 17.0 Å². The lowest BCUT2D eigenvalue weighted by atomic mass is 9.90. The summed E-state index contributed by atoms with van der Waals surface area (Å²) in [4.78, 5) is 4.93. The maximum atomic E-state index is 6.10. The second-order valence-electron chi connectivity index (χ2n) is 7.98. The molecule has 146 valence electrons. The van der Waals surface area contributed by atoms with Crippen molar-refractivity contribution in [2.45, 2.75) is 59.0 Å². The van der Waals surface area contributed by atoms with Crippen LogP contribution in [0.3, 0.4) is 0 Å². The van der Waals surface area contributed by atoms with Crippen LogP contribution in [0.25, 0.3) is 11.3 Å². The molecule has 1 heterocycles. The zero-order valence-corrected chi connectivity index (χ0v) is 17.7. The number of nitrogen functional groups attached to an aromatic ring is 1. The van der Waals surface area contributed by atoms with Crippen LogP contribution < -0.4 is 10.5 Å². The Hall–Kier alpha value is -2.33. The quantitative estimate of drug-likeness (QED) is 0.545. The van der Waals surface area contributed by atoms with Gasteiger partial charge in [0.25, 0.3) is 0 Å². The first kappa shape index (κ1) is 19.0. The molecule has 3 nitrogen and oxygen atoms in total. The molecule has 0 radical (unpaired) electrons. The zero-order valence-electron chi connectivity index (χ0n) is 16.9. The van der Waals surface area contributed by atoms with E-state index in [9.17, 15) is 0 Å². The number of anilines is 1. The first-order valence-corrected chi connectivity index (χ1v) is 11.0. The Balaban J connectivity index is 1.60. The molecule has 1 aliphatic rings. The molecule has 0 bridgehead atoms. The highest BCUT2D eigenvalue weighted by molar-refractivity contribution is 7.10. The number of hydrogen-bond acceptors (Lipinski definition) is 4. The van der Waals surface area contributed by atoms with E-state index in [2.05, 4.69) is 29.6 Å². The van der Waals surface area contributed by atoms with E-state index >= 15 is 0 Å². The minimum Gasteiger partial charge on any atom is -0.491 e. The molecule has 0 saturated carbocycles. The van der Waals surface area contributed by atoms with Crippen LogP contribution in [-0.2, 0) is 19.3 Å². The summed E-state index contributed by atoms with van der Waals surface area (Å²) in [6, 6.07) is 10.9. The van der Waals surface area contributed by atoms with Gasteiger partial charge in [-0.25, -0.2) is 4.98 Å². The number of aromatic nitrogens is 1. The molecular formula is C24H28N2OS. The van der Waals surface area contributed by atoms with E-state index in [-0.39, 0.29) is 6.10 Å². The number of aryl methyl sites for hydroxylation is 3. The van der Waals surface area contributed by atoms with Gasteiger partial charge in [-0.3, -0.25) is 0 Å². The van der Waals surface area contributed by atoms with Crippen LogP contribution in [0.4, 0.5) is 5.69 Å². The summed E-state index contributed by atoms with van der Waals surface area (Å²) in [5, 5.41) is 3.28. The Labute approximate surface area is 171 Å². The summed E-state index contributed by atoms with van der Waals surface area (Å²) in [5.41, 5.74) is 14.4. The predicted octanol–water partition coefficient (Wildman–Crippen LogP) is 5.96. The average Bonchev–Trinajstić information content (AvgIpc) is 3.13. The Morgan fingerprint density at radius 1 is 1.11 bits per heavy atom. The maximum absolute atomic E-state index is 6.10. The summed E-state index contributed by atoms with van der Waals surface area (Å²) < 4.78 is 6.00. The van der Waals surface area contributed by atoms with Gasteiger partial charge >= 0.3 is 0 Å². The number of rotatable bonds is 5. The Bertz CT molecular complexity index is 990. The molecule has 1 aliphatic carbocycles. The standard InChI is InChI=1S/C24H28N2OS/c1-15(2)27-23-13-21(25)16(3)10-20(23)12-24-26-22(14-28-24)19-9-8-17-6-4-5-7-18(17)11-19/h8-11,13-15H,4-7,12,25H2,1-3H3. The van der Waals surface area contributed by atoms with Gasteiger partial charge in [0.1, 0.15) is 5.75 Å². The fourth-order valence-electron chi connectivity index (χ4n) is 3.85. The van der Waals surface area contributed by atoms with Gasteiger partial charge in [0, 0.05) is 34.7 Å². The molecular weight excluding hydrogens is 364 g/mol. The van der Waals surface area contributed by atoms with Crippen molar-refractivity contribution in [1.82, 2.24) is 4.98 Å². The van der Waals surface area contributed by atoms with E-state index in [0.29, 0.717) is 0 Å². The summed E-state index contributed by atoms with van der Waals surface area (Å²) in [7, 11) is 0. The third-order valence-corrected chi connectivity index (χ3v) is 6.20. The highest BCUT2D eigenvalue weighted by atomic mass is 32.1. The smallest absolute Gasteiger partial charge is 0.125 e. The molecule has 3 aromatic rings. The number of nitrogens with zero attached hydrogens (tertiary/aromatic N) is 1. The van der Waals surface area contributed by atoms with Gasteiger partial charge in [0.05, 0.1) is 16.8 Å². The summed E-state index contributed by atoms with van der Waals surface area (Å²) >= 11 is 1.72. The molecule has 28 heavy (non-hydrogen) atoms. The molecule has 0 atom stereocenters. The van der Waals surface area contributed by atoms with Crippen LogP contribution >= 0.6 is 11.3 Å². The van der Waals surface area contributed by atoms with Crippen LogP contribution in [0.15, 0.2) is 35.7 Å². The molecule has 0 spiro atoms. The Morgan fingerprint density at radius 2 is 1.89 bits per heavy atom. The van der Waals surface area contributed by atoms with Gasteiger partial charge in [-0.15, -0.1) is 11.3 Å². The monoisotopic (exact) mass is 392 g/mol. The van der Waals surface area contributed by atoms with E-state index < -0.39 is 0 Å². The first-order valence-electron chi connectivity index (χ1n) is 10.1. The largest absolute Gasteiger partial charge is 0.491 e. The van der Waals surface area contributed by atoms with Gasteiger partial charge in [-0.2, -0.15) is 0 Å². The fourth-order valence-corrected chi connectivity index (χ4v) is 4.67. The molecule has 0 unspecified atom stereocenters. The zero-order chi connectivity index (χ0) is 19.7. The molecule has 0 aliphatic heterocycles. The maximum Gasteiger partial charge on any atom is 0.125 e. The molecule has 2 aromatic carbocycles. The van der Waals surface area contributed by atoms with Crippen molar-refractivity contribution in [3.05, 3.63) is 63.0 Å². The number of nitrogens with two attached hydrogens (primary N) is 1. The van der Waals surface area contributed by atoms with Crippen LogP contribution in [0.1, 0.15) is 54.0 Å². The van der Waals surface area contributed by atoms with E-state index in [4.69, 9.17) is 15.5 Å². The van der Waals surface area contributed by atoms with E-state index in [1.807, 2.05) is 26.8 Å². The number of fused-ring (bicyclic) bond motifs is 1. The normalized spacial score (nSPS) is 13.6. The van der Waals surface area contributed by atoms with Gasteiger partial charge in [0.15, 0.2) is 0 Å². The van der Waals surface area contributed by atoms with E-state index in [1.54, 1.807) is 11.3 Å². The topological polar surface area (TPSA) is 48.1 Å². The van der Waals surface area contributed by atoms with Crippen molar-refractivity contribution in [3.8, 4) is 17.0 Å². The van der Waals surface area contributed by atoms with Crippen LogP contribution in [-0.4, -0.2) is 11.1 Å². The molecule has 0 saturated heterocycles. The highest BCUT2D eigenvalue weighted by Crippen LogP contribution is 2.32. The predicted molar refractivity (Wildman–Crippen MR) is 118 cm³/mol. The minimum atomic E-state index is 0.114. The van der Waals surface area contributed by atoms with Crippen molar-refractivity contribution in [1.29, 1.82) is 0 Å². The summed E-state index contributed by atoms with van der Waals surface area (Å²) in [5.74, 6) is 0.864. The molecule has 1 aromatic heterocycles. The second kappa shape index (κ2) is 7.96. The number of ether oxygens (including phenoxy) is 1. The average molecular weight is 393 g/mol. The van der Waals surface area contributed by atoms with Crippen LogP contribution in [0, 0.1) is 6.92 Å². The lowest BCUT2D eigenvalue weighted by Crippen LogP contribution is -2.09. The Kier molecular flexibility index (Phi) is 5.40. The molecule has 4 rings (SSSR count). The number of thiazole rings is 1. The van der Waals surface area contributed by atoms with E-state index in [1.165, 1.54) is 42.4 Å². The highest BCUT2D eigenvalue weighted by Gasteiger charge is 2.14.